The van der Waals surface area contributed by atoms with Crippen LogP contribution in [0.4, 0.5) is 0 Å². The number of phenols is 1. The molecule has 0 unspecified atom stereocenters. The van der Waals surface area contributed by atoms with Crippen LogP contribution in [-0.4, -0.2) is 36.7 Å². The summed E-state index contributed by atoms with van der Waals surface area (Å²) in [7, 11) is 2.88. The number of rotatable bonds is 14. The molecule has 4 atom stereocenters. The average Bonchev–Trinajstić information content (AvgIpc) is 2.97. The molecule has 1 fully saturated rings. The van der Waals surface area contributed by atoms with Crippen LogP contribution < -0.4 is 4.74 Å². The summed E-state index contributed by atoms with van der Waals surface area (Å²) in [5, 5.41) is 10.6. The molecule has 0 amide bonds. The summed E-state index contributed by atoms with van der Waals surface area (Å²) in [6, 6.07) is 4.34. The van der Waals surface area contributed by atoms with E-state index in [9.17, 15) is 9.90 Å². The third-order valence-electron chi connectivity index (χ3n) is 10.5. The lowest BCUT2D eigenvalue weighted by atomic mass is 9.39. The van der Waals surface area contributed by atoms with Crippen LogP contribution in [0.15, 0.2) is 77.1 Å². The lowest BCUT2D eigenvalue weighted by molar-refractivity contribution is -0.171. The maximum atomic E-state index is 15.5. The molecule has 6 heteroatoms. The van der Waals surface area contributed by atoms with Crippen molar-refractivity contribution in [1.82, 2.24) is 0 Å². The van der Waals surface area contributed by atoms with Crippen molar-refractivity contribution in [2.45, 2.75) is 93.9 Å². The van der Waals surface area contributed by atoms with Gasteiger partial charge >= 0.3 is 0 Å². The third-order valence-corrected chi connectivity index (χ3v) is 10.5. The van der Waals surface area contributed by atoms with E-state index in [1.165, 1.54) is 32.4 Å². The third kappa shape index (κ3) is 6.45. The Morgan fingerprint density at radius 3 is 2.15 bits per heavy atom. The van der Waals surface area contributed by atoms with Crippen molar-refractivity contribution in [3.63, 3.8) is 0 Å². The Labute approximate surface area is 276 Å². The first-order valence-electron chi connectivity index (χ1n) is 16.3. The van der Waals surface area contributed by atoms with Gasteiger partial charge in [0.25, 0.3) is 0 Å². The normalized spacial score (nSPS) is 24.2. The van der Waals surface area contributed by atoms with Gasteiger partial charge in [0, 0.05) is 5.56 Å². The number of carbonyl (C=O) groups excluding carboxylic acids is 3. The van der Waals surface area contributed by atoms with Crippen molar-refractivity contribution in [3.05, 3.63) is 82.7 Å². The molecule has 3 rings (SSSR count). The first-order valence-corrected chi connectivity index (χ1v) is 16.3. The molecule has 0 heterocycles. The first kappa shape index (κ1) is 36.8. The number of hydrogen-bond donors (Lipinski definition) is 1. The molecule has 250 valence electrons. The van der Waals surface area contributed by atoms with Gasteiger partial charge in [0.2, 0.25) is 0 Å². The summed E-state index contributed by atoms with van der Waals surface area (Å²) in [5.74, 6) is -1.33. The maximum absolute atomic E-state index is 15.5. The van der Waals surface area contributed by atoms with Gasteiger partial charge in [0.15, 0.2) is 28.8 Å². The Balaban J connectivity index is 2.48. The van der Waals surface area contributed by atoms with E-state index in [4.69, 9.17) is 9.47 Å². The average molecular weight is 631 g/mol. The highest BCUT2D eigenvalue weighted by Crippen LogP contribution is 2.68. The number of benzene rings is 1. The second-order valence-corrected chi connectivity index (χ2v) is 14.6. The molecule has 0 aliphatic heterocycles. The van der Waals surface area contributed by atoms with Gasteiger partial charge < -0.3 is 14.6 Å². The molecule has 0 aromatic heterocycles. The van der Waals surface area contributed by atoms with Crippen LogP contribution in [0.3, 0.4) is 0 Å². The Morgan fingerprint density at radius 1 is 1.02 bits per heavy atom. The van der Waals surface area contributed by atoms with Crippen LogP contribution in [0, 0.1) is 28.1 Å². The second-order valence-electron chi connectivity index (χ2n) is 14.6. The van der Waals surface area contributed by atoms with Crippen LogP contribution in [0.2, 0.25) is 0 Å². The zero-order valence-electron chi connectivity index (χ0n) is 29.7. The fraction of sp³-hybridized carbons (Fsp3) is 0.525. The standard InChI is InChI=1S/C40H54O6/c1-24(2)13-15-29(27(7)8)22-39-23-30(17-14-25(3)4)38(9,10)40(37(39)44,20-19-26(5)6)36(46-12)33(35(39)43)34(42)28-16-18-32(45-11)31(41)21-28/h14,16,18-19,21,29-30,41H,1,7,13,15,17,20,22-23H2,2-6,8-12H3/t29-,30-,39+,40-/m1/s1. The maximum Gasteiger partial charge on any atom is 0.200 e. The highest BCUT2D eigenvalue weighted by Gasteiger charge is 2.72. The van der Waals surface area contributed by atoms with Gasteiger partial charge in [0.05, 0.1) is 25.0 Å². The van der Waals surface area contributed by atoms with Gasteiger partial charge in [-0.25, -0.2) is 0 Å². The summed E-state index contributed by atoms with van der Waals surface area (Å²) in [4.78, 5) is 45.2. The number of Topliss-reactive ketones (excluding diaryl/α,β-unsaturated/α-hetero) is 3. The Hall–Kier alpha value is -3.67. The molecule has 1 aromatic carbocycles. The van der Waals surface area contributed by atoms with Gasteiger partial charge in [-0.05, 0) is 116 Å². The number of ketones is 3. The van der Waals surface area contributed by atoms with Crippen LogP contribution >= 0.6 is 0 Å². The van der Waals surface area contributed by atoms with E-state index >= 15 is 9.59 Å². The van der Waals surface area contributed by atoms with E-state index in [-0.39, 0.29) is 52.4 Å². The molecule has 1 N–H and O–H groups in total. The molecule has 2 aliphatic carbocycles. The summed E-state index contributed by atoms with van der Waals surface area (Å²) >= 11 is 0. The van der Waals surface area contributed by atoms with Crippen LogP contribution in [0.1, 0.15) is 104 Å². The van der Waals surface area contributed by atoms with Crippen LogP contribution in [0.5, 0.6) is 11.5 Å². The second kappa shape index (κ2) is 14.0. The number of carbonyl (C=O) groups is 3. The molecule has 46 heavy (non-hydrogen) atoms. The predicted octanol–water partition coefficient (Wildman–Crippen LogP) is 9.31. The number of hydrogen-bond acceptors (Lipinski definition) is 6. The highest BCUT2D eigenvalue weighted by molar-refractivity contribution is 6.35. The SMILES string of the molecule is C=C(C)CC[C@H](C[C@@]12C[C@@H](CC=C(C)C)C(C)(C)[C@@](CC=C(C)C)(C1=O)C(OC)=C(C(=O)c1ccc(OC)c(O)c1)C2=O)C(=C)C. The van der Waals surface area contributed by atoms with Gasteiger partial charge in [-0.1, -0.05) is 54.9 Å². The van der Waals surface area contributed by atoms with Gasteiger partial charge in [-0.2, -0.15) is 0 Å². The van der Waals surface area contributed by atoms with E-state index in [1.54, 1.807) is 0 Å². The molecule has 2 aliphatic rings. The summed E-state index contributed by atoms with van der Waals surface area (Å²) in [6.07, 6.45) is 7.20. The minimum atomic E-state index is -1.47. The van der Waals surface area contributed by atoms with Crippen molar-refractivity contribution in [1.29, 1.82) is 0 Å². The summed E-state index contributed by atoms with van der Waals surface area (Å²) < 4.78 is 11.3. The Bertz CT molecular complexity index is 1510. The lowest BCUT2D eigenvalue weighted by Gasteiger charge is -2.61. The highest BCUT2D eigenvalue weighted by atomic mass is 16.5. The van der Waals surface area contributed by atoms with Crippen molar-refractivity contribution in [2.24, 2.45) is 28.1 Å². The number of ether oxygens (including phenoxy) is 2. The molecular weight excluding hydrogens is 576 g/mol. The van der Waals surface area contributed by atoms with Crippen molar-refractivity contribution < 1.29 is 29.0 Å². The fourth-order valence-electron chi connectivity index (χ4n) is 7.62. The van der Waals surface area contributed by atoms with Gasteiger partial charge in [-0.15, -0.1) is 6.58 Å². The van der Waals surface area contributed by atoms with E-state index in [1.807, 2.05) is 33.8 Å². The van der Waals surface area contributed by atoms with Gasteiger partial charge in [-0.3, -0.25) is 14.4 Å². The molecule has 0 saturated heterocycles. The van der Waals surface area contributed by atoms with E-state index in [0.717, 1.165) is 28.7 Å². The minimum Gasteiger partial charge on any atom is -0.504 e. The quantitative estimate of drug-likeness (QED) is 0.0954. The number of methoxy groups -OCH3 is 2. The molecule has 0 spiro atoms. The molecule has 6 nitrogen and oxygen atoms in total. The van der Waals surface area contributed by atoms with Crippen molar-refractivity contribution in [3.8, 4) is 11.5 Å². The largest absolute Gasteiger partial charge is 0.504 e. The zero-order chi connectivity index (χ0) is 34.8. The zero-order valence-corrected chi connectivity index (χ0v) is 29.7. The first-order chi connectivity index (χ1) is 21.4. The van der Waals surface area contributed by atoms with E-state index < -0.39 is 27.8 Å². The van der Waals surface area contributed by atoms with E-state index in [0.29, 0.717) is 25.7 Å². The molecule has 0 radical (unpaired) electrons. The van der Waals surface area contributed by atoms with E-state index in [2.05, 4.69) is 46.9 Å². The number of allylic oxidation sites excluding steroid dienone is 8. The van der Waals surface area contributed by atoms with Gasteiger partial charge in [0.1, 0.15) is 11.3 Å². The molecular formula is C40H54O6. The number of aromatic hydroxyl groups is 1. The summed E-state index contributed by atoms with van der Waals surface area (Å²) in [6.45, 7) is 24.5. The predicted molar refractivity (Wildman–Crippen MR) is 185 cm³/mol. The monoisotopic (exact) mass is 630 g/mol. The topological polar surface area (TPSA) is 89.9 Å². The fourth-order valence-corrected chi connectivity index (χ4v) is 7.62. The summed E-state index contributed by atoms with van der Waals surface area (Å²) in [5.41, 5.74) is 0.659. The number of phenolic OH excluding ortho intramolecular Hbond substituents is 1. The van der Waals surface area contributed by atoms with Crippen molar-refractivity contribution >= 4 is 17.3 Å². The molecule has 1 aromatic rings. The lowest BCUT2D eigenvalue weighted by Crippen LogP contribution is -2.67. The van der Waals surface area contributed by atoms with Crippen LogP contribution in [-0.2, 0) is 14.3 Å². The van der Waals surface area contributed by atoms with Crippen molar-refractivity contribution in [2.75, 3.05) is 14.2 Å². The minimum absolute atomic E-state index is 0.0617. The smallest absolute Gasteiger partial charge is 0.200 e. The Kier molecular flexibility index (Phi) is 11.2. The number of fused-ring (bicyclic) bond motifs is 2. The van der Waals surface area contributed by atoms with Crippen LogP contribution in [0.25, 0.3) is 0 Å². The molecule has 2 bridgehead atoms. The molecule has 1 saturated carbocycles. The Morgan fingerprint density at radius 2 is 1.65 bits per heavy atom.